The van der Waals surface area contributed by atoms with Gasteiger partial charge in [0.25, 0.3) is 0 Å². The fourth-order valence-electron chi connectivity index (χ4n) is 2.23. The van der Waals surface area contributed by atoms with Crippen LogP contribution in [-0.2, 0) is 9.53 Å². The summed E-state index contributed by atoms with van der Waals surface area (Å²) in [4.78, 5) is 14.5. The van der Waals surface area contributed by atoms with Gasteiger partial charge in [-0.05, 0) is 51.1 Å². The molecule has 0 radical (unpaired) electrons. The molecule has 0 aliphatic carbocycles. The Kier molecular flexibility index (Phi) is 10.8. The molecule has 0 aliphatic heterocycles. The summed E-state index contributed by atoms with van der Waals surface area (Å²) < 4.78 is 5.27. The summed E-state index contributed by atoms with van der Waals surface area (Å²) in [5.41, 5.74) is 0. The van der Waals surface area contributed by atoms with Crippen molar-refractivity contribution in [2.24, 2.45) is 11.8 Å². The van der Waals surface area contributed by atoms with Gasteiger partial charge in [0.1, 0.15) is 6.04 Å². The maximum atomic E-state index is 12.2. The minimum Gasteiger partial charge on any atom is -0.465 e. The van der Waals surface area contributed by atoms with Crippen LogP contribution in [0, 0.1) is 11.8 Å². The van der Waals surface area contributed by atoms with Gasteiger partial charge in [0.15, 0.2) is 0 Å². The van der Waals surface area contributed by atoms with E-state index in [4.69, 9.17) is 4.74 Å². The molecule has 3 nitrogen and oxygen atoms in total. The van der Waals surface area contributed by atoms with E-state index in [0.29, 0.717) is 18.4 Å². The zero-order chi connectivity index (χ0) is 15.5. The molecule has 0 spiro atoms. The molecule has 20 heavy (non-hydrogen) atoms. The first-order valence-corrected chi connectivity index (χ1v) is 8.32. The van der Waals surface area contributed by atoms with E-state index in [2.05, 4.69) is 39.5 Å². The van der Waals surface area contributed by atoms with Gasteiger partial charge in [0.05, 0.1) is 6.61 Å². The molecule has 0 aliphatic rings. The predicted octanol–water partition coefficient (Wildman–Crippen LogP) is 4.11. The zero-order valence-corrected chi connectivity index (χ0v) is 14.4. The van der Waals surface area contributed by atoms with Crippen LogP contribution in [0.4, 0.5) is 0 Å². The van der Waals surface area contributed by atoms with Crippen LogP contribution in [0.5, 0.6) is 0 Å². The predicted molar refractivity (Wildman–Crippen MR) is 85.8 cm³/mol. The second-order valence-corrected chi connectivity index (χ2v) is 6.46. The van der Waals surface area contributed by atoms with Crippen LogP contribution in [0.1, 0.15) is 67.2 Å². The molecule has 0 heterocycles. The van der Waals surface area contributed by atoms with Crippen molar-refractivity contribution in [1.29, 1.82) is 0 Å². The summed E-state index contributed by atoms with van der Waals surface area (Å²) >= 11 is 0. The van der Waals surface area contributed by atoms with Crippen molar-refractivity contribution in [3.8, 4) is 0 Å². The molecule has 0 fully saturated rings. The number of carbonyl (C=O) groups is 1. The fourth-order valence-corrected chi connectivity index (χ4v) is 2.23. The SMILES string of the molecule is CCCC(C(=O)OCC)N(CCC(C)C)CCC(C)C. The second-order valence-electron chi connectivity index (χ2n) is 6.46. The minimum atomic E-state index is -0.0579. The fraction of sp³-hybridized carbons (Fsp3) is 0.941. The Hall–Kier alpha value is -0.570. The van der Waals surface area contributed by atoms with Gasteiger partial charge < -0.3 is 4.74 Å². The van der Waals surface area contributed by atoms with Gasteiger partial charge in [0, 0.05) is 0 Å². The van der Waals surface area contributed by atoms with E-state index < -0.39 is 0 Å². The maximum absolute atomic E-state index is 12.2. The number of hydrogen-bond donors (Lipinski definition) is 0. The van der Waals surface area contributed by atoms with Crippen molar-refractivity contribution in [3.63, 3.8) is 0 Å². The summed E-state index contributed by atoms with van der Waals surface area (Å²) in [5, 5.41) is 0. The molecule has 1 unspecified atom stereocenters. The van der Waals surface area contributed by atoms with E-state index >= 15 is 0 Å². The molecule has 3 heteroatoms. The number of rotatable bonds is 11. The Morgan fingerprint density at radius 3 is 1.80 bits per heavy atom. The first kappa shape index (κ1) is 19.4. The summed E-state index contributed by atoms with van der Waals surface area (Å²) in [6.45, 7) is 15.4. The minimum absolute atomic E-state index is 0.0399. The number of hydrogen-bond acceptors (Lipinski definition) is 3. The summed E-state index contributed by atoms with van der Waals surface area (Å²) in [6, 6.07) is -0.0579. The van der Waals surface area contributed by atoms with Crippen molar-refractivity contribution in [2.45, 2.75) is 73.3 Å². The number of nitrogens with zero attached hydrogens (tertiary/aromatic N) is 1. The molecule has 0 saturated carbocycles. The van der Waals surface area contributed by atoms with Crippen LogP contribution in [0.15, 0.2) is 0 Å². The molecule has 0 amide bonds. The lowest BCUT2D eigenvalue weighted by atomic mass is 10.0. The van der Waals surface area contributed by atoms with Gasteiger partial charge in [-0.2, -0.15) is 0 Å². The van der Waals surface area contributed by atoms with Crippen molar-refractivity contribution in [2.75, 3.05) is 19.7 Å². The monoisotopic (exact) mass is 285 g/mol. The topological polar surface area (TPSA) is 29.5 Å². The van der Waals surface area contributed by atoms with E-state index in [9.17, 15) is 4.79 Å². The standard InChI is InChI=1S/C17H35NO2/c1-7-9-16(17(19)20-8-2)18(12-10-14(3)4)13-11-15(5)6/h14-16H,7-13H2,1-6H3. The van der Waals surface area contributed by atoms with Crippen molar-refractivity contribution in [3.05, 3.63) is 0 Å². The first-order valence-electron chi connectivity index (χ1n) is 8.32. The number of ether oxygens (including phenoxy) is 1. The molecular weight excluding hydrogens is 250 g/mol. The lowest BCUT2D eigenvalue weighted by Gasteiger charge is -2.31. The third kappa shape index (κ3) is 8.57. The van der Waals surface area contributed by atoms with Gasteiger partial charge in [-0.3, -0.25) is 9.69 Å². The van der Waals surface area contributed by atoms with Crippen LogP contribution < -0.4 is 0 Å². The van der Waals surface area contributed by atoms with Gasteiger partial charge >= 0.3 is 5.97 Å². The van der Waals surface area contributed by atoms with E-state index in [1.165, 1.54) is 0 Å². The third-order valence-electron chi connectivity index (χ3n) is 3.55. The molecule has 0 aromatic carbocycles. The molecule has 0 aromatic heterocycles. The molecule has 120 valence electrons. The van der Waals surface area contributed by atoms with E-state index in [0.717, 1.165) is 38.8 Å². The second kappa shape index (κ2) is 11.1. The van der Waals surface area contributed by atoms with Crippen LogP contribution in [-0.4, -0.2) is 36.6 Å². The highest BCUT2D eigenvalue weighted by Crippen LogP contribution is 2.15. The van der Waals surface area contributed by atoms with Gasteiger partial charge in [-0.15, -0.1) is 0 Å². The van der Waals surface area contributed by atoms with E-state index in [-0.39, 0.29) is 12.0 Å². The zero-order valence-electron chi connectivity index (χ0n) is 14.4. The molecule has 0 saturated heterocycles. The van der Waals surface area contributed by atoms with Crippen LogP contribution in [0.2, 0.25) is 0 Å². The highest BCUT2D eigenvalue weighted by molar-refractivity contribution is 5.75. The van der Waals surface area contributed by atoms with Crippen LogP contribution in [0.3, 0.4) is 0 Å². The summed E-state index contributed by atoms with van der Waals surface area (Å²) in [7, 11) is 0. The number of esters is 1. The van der Waals surface area contributed by atoms with E-state index in [1.54, 1.807) is 0 Å². The third-order valence-corrected chi connectivity index (χ3v) is 3.55. The Bertz CT molecular complexity index is 239. The highest BCUT2D eigenvalue weighted by Gasteiger charge is 2.26. The molecular formula is C17H35NO2. The molecule has 0 rings (SSSR count). The normalized spacial score (nSPS) is 13.2. The summed E-state index contributed by atoms with van der Waals surface area (Å²) in [5.74, 6) is 1.30. The Morgan fingerprint density at radius 1 is 0.950 bits per heavy atom. The van der Waals surface area contributed by atoms with E-state index in [1.807, 2.05) is 6.92 Å². The molecule has 0 bridgehead atoms. The van der Waals surface area contributed by atoms with Crippen molar-refractivity contribution in [1.82, 2.24) is 4.90 Å². The average molecular weight is 285 g/mol. The Balaban J connectivity index is 4.73. The Morgan fingerprint density at radius 2 is 1.45 bits per heavy atom. The lowest BCUT2D eigenvalue weighted by molar-refractivity contribution is -0.150. The first-order chi connectivity index (χ1) is 9.42. The van der Waals surface area contributed by atoms with Crippen molar-refractivity contribution < 1.29 is 9.53 Å². The van der Waals surface area contributed by atoms with Crippen molar-refractivity contribution >= 4 is 5.97 Å². The largest absolute Gasteiger partial charge is 0.465 e. The summed E-state index contributed by atoms with van der Waals surface area (Å²) in [6.07, 6.45) is 4.19. The molecule has 1 atom stereocenters. The average Bonchev–Trinajstić information content (AvgIpc) is 2.36. The van der Waals surface area contributed by atoms with Gasteiger partial charge in [-0.1, -0.05) is 41.0 Å². The number of carbonyl (C=O) groups excluding carboxylic acids is 1. The lowest BCUT2D eigenvalue weighted by Crippen LogP contribution is -2.44. The smallest absolute Gasteiger partial charge is 0.323 e. The quantitative estimate of drug-likeness (QED) is 0.535. The highest BCUT2D eigenvalue weighted by atomic mass is 16.5. The van der Waals surface area contributed by atoms with Crippen LogP contribution >= 0.6 is 0 Å². The van der Waals surface area contributed by atoms with Gasteiger partial charge in [0.2, 0.25) is 0 Å². The molecule has 0 aromatic rings. The van der Waals surface area contributed by atoms with Gasteiger partial charge in [-0.25, -0.2) is 0 Å². The maximum Gasteiger partial charge on any atom is 0.323 e. The molecule has 0 N–H and O–H groups in total. The van der Waals surface area contributed by atoms with Crippen LogP contribution in [0.25, 0.3) is 0 Å². The Labute approximate surface area is 126 Å².